The maximum atomic E-state index is 13.6. The molecule has 1 atom stereocenters. The highest BCUT2D eigenvalue weighted by Gasteiger charge is 2.41. The molecule has 34 heavy (non-hydrogen) atoms. The zero-order valence-electron chi connectivity index (χ0n) is 19.5. The summed E-state index contributed by atoms with van der Waals surface area (Å²) in [5.74, 6) is 0.233. The molecule has 0 radical (unpaired) electrons. The van der Waals surface area contributed by atoms with Crippen molar-refractivity contribution in [2.45, 2.75) is 32.7 Å². The summed E-state index contributed by atoms with van der Waals surface area (Å²) in [5.41, 5.74) is 4.23. The summed E-state index contributed by atoms with van der Waals surface area (Å²) < 4.78 is 5.65. The number of allylic oxidation sites excluding steroid dienone is 1. The van der Waals surface area contributed by atoms with E-state index in [2.05, 4.69) is 19.2 Å². The Morgan fingerprint density at radius 3 is 2.32 bits per heavy atom. The van der Waals surface area contributed by atoms with E-state index in [4.69, 9.17) is 4.74 Å². The van der Waals surface area contributed by atoms with Gasteiger partial charge in [0, 0.05) is 17.7 Å². The molecule has 0 bridgehead atoms. The van der Waals surface area contributed by atoms with Gasteiger partial charge in [-0.2, -0.15) is 0 Å². The number of para-hydroxylation sites is 3. The van der Waals surface area contributed by atoms with Crippen LogP contribution in [0.15, 0.2) is 96.2 Å². The third-order valence-electron chi connectivity index (χ3n) is 6.39. The van der Waals surface area contributed by atoms with Crippen LogP contribution in [-0.2, 0) is 9.59 Å². The normalized spacial score (nSPS) is 18.9. The number of rotatable bonds is 4. The number of hydrogen-bond acceptors (Lipinski definition) is 5. The molecule has 1 N–H and O–H groups in total. The Morgan fingerprint density at radius 1 is 0.941 bits per heavy atom. The molecule has 3 aromatic carbocycles. The largest absolute Gasteiger partial charge is 0.425 e. The molecule has 1 heterocycles. The Labute approximate surface area is 200 Å². The van der Waals surface area contributed by atoms with Gasteiger partial charge in [0.05, 0.1) is 17.4 Å². The minimum Gasteiger partial charge on any atom is -0.425 e. The maximum Gasteiger partial charge on any atom is 0.330 e. The van der Waals surface area contributed by atoms with Crippen molar-refractivity contribution in [2.75, 3.05) is 16.8 Å². The van der Waals surface area contributed by atoms with E-state index >= 15 is 0 Å². The second kappa shape index (κ2) is 8.82. The molecule has 5 nitrogen and oxygen atoms in total. The molecule has 0 spiro atoms. The molecular formula is C29H28N2O3. The van der Waals surface area contributed by atoms with Crippen molar-refractivity contribution in [1.82, 2.24) is 0 Å². The van der Waals surface area contributed by atoms with Crippen LogP contribution in [0, 0.1) is 5.41 Å². The molecule has 0 aromatic heterocycles. The minimum atomic E-state index is -0.403. The van der Waals surface area contributed by atoms with E-state index in [-0.39, 0.29) is 23.7 Å². The van der Waals surface area contributed by atoms with E-state index in [9.17, 15) is 9.59 Å². The summed E-state index contributed by atoms with van der Waals surface area (Å²) in [4.78, 5) is 28.8. The van der Waals surface area contributed by atoms with Crippen molar-refractivity contribution in [3.63, 3.8) is 0 Å². The Morgan fingerprint density at radius 2 is 1.59 bits per heavy atom. The van der Waals surface area contributed by atoms with Crippen molar-refractivity contribution in [2.24, 2.45) is 5.41 Å². The van der Waals surface area contributed by atoms with Gasteiger partial charge in [-0.15, -0.1) is 0 Å². The lowest BCUT2D eigenvalue weighted by Gasteiger charge is -2.37. The minimum absolute atomic E-state index is 0.000597. The first kappa shape index (κ1) is 22.0. The Hall–Kier alpha value is -3.86. The zero-order valence-corrected chi connectivity index (χ0v) is 19.5. The third-order valence-corrected chi connectivity index (χ3v) is 6.39. The van der Waals surface area contributed by atoms with Crippen LogP contribution < -0.4 is 15.0 Å². The highest BCUT2D eigenvalue weighted by Crippen LogP contribution is 2.48. The van der Waals surface area contributed by atoms with E-state index in [0.717, 1.165) is 34.6 Å². The lowest BCUT2D eigenvalue weighted by atomic mass is 9.73. The van der Waals surface area contributed by atoms with Crippen LogP contribution >= 0.6 is 0 Å². The van der Waals surface area contributed by atoms with Crippen molar-refractivity contribution in [1.29, 1.82) is 0 Å². The smallest absolute Gasteiger partial charge is 0.330 e. The van der Waals surface area contributed by atoms with E-state index < -0.39 is 6.04 Å². The summed E-state index contributed by atoms with van der Waals surface area (Å²) in [6.07, 6.45) is 1.23. The van der Waals surface area contributed by atoms with Crippen LogP contribution in [0.2, 0.25) is 0 Å². The molecule has 1 unspecified atom stereocenters. The second-order valence-electron chi connectivity index (χ2n) is 9.70. The second-order valence-corrected chi connectivity index (χ2v) is 9.70. The van der Waals surface area contributed by atoms with Gasteiger partial charge in [0.1, 0.15) is 12.3 Å². The Kier molecular flexibility index (Phi) is 5.70. The monoisotopic (exact) mass is 452 g/mol. The van der Waals surface area contributed by atoms with Gasteiger partial charge in [-0.3, -0.25) is 4.79 Å². The van der Waals surface area contributed by atoms with Crippen LogP contribution in [0.25, 0.3) is 0 Å². The van der Waals surface area contributed by atoms with Crippen LogP contribution in [0.3, 0.4) is 0 Å². The van der Waals surface area contributed by atoms with Gasteiger partial charge in [-0.25, -0.2) is 4.79 Å². The van der Waals surface area contributed by atoms with Gasteiger partial charge < -0.3 is 15.0 Å². The third kappa shape index (κ3) is 4.34. The molecule has 172 valence electrons. The summed E-state index contributed by atoms with van der Waals surface area (Å²) in [5, 5.41) is 3.57. The van der Waals surface area contributed by atoms with Crippen LogP contribution in [0.1, 0.15) is 38.3 Å². The average Bonchev–Trinajstić information content (AvgIpc) is 2.94. The fourth-order valence-corrected chi connectivity index (χ4v) is 5.00. The topological polar surface area (TPSA) is 58.6 Å². The highest BCUT2D eigenvalue weighted by atomic mass is 16.5. The Balaban J connectivity index is 1.63. The Bertz CT molecular complexity index is 1250. The first-order valence-electron chi connectivity index (χ1n) is 11.6. The van der Waals surface area contributed by atoms with E-state index in [1.807, 2.05) is 77.7 Å². The standard InChI is InChI=1S/C29H28N2O3/c1-29(2)17-23-27(25(32)18-29)28(20-11-5-3-6-12-20)31(24-16-10-9-15-22(24)30-23)19-26(33)34-21-13-7-4-8-14-21/h3-16,28,30H,17-19H2,1-2H3. The summed E-state index contributed by atoms with van der Waals surface area (Å²) >= 11 is 0. The summed E-state index contributed by atoms with van der Waals surface area (Å²) in [6.45, 7) is 4.25. The predicted octanol–water partition coefficient (Wildman–Crippen LogP) is 5.91. The number of fused-ring (bicyclic) bond motifs is 1. The summed E-state index contributed by atoms with van der Waals surface area (Å²) in [6, 6.07) is 26.5. The number of ether oxygens (including phenoxy) is 1. The number of esters is 1. The number of ketones is 1. The van der Waals surface area contributed by atoms with Crippen LogP contribution in [0.5, 0.6) is 5.75 Å². The molecule has 0 saturated carbocycles. The fourth-order valence-electron chi connectivity index (χ4n) is 5.00. The van der Waals surface area contributed by atoms with Crippen LogP contribution in [-0.4, -0.2) is 18.3 Å². The average molecular weight is 453 g/mol. The molecule has 1 aliphatic carbocycles. The fraction of sp³-hybridized carbons (Fsp3) is 0.241. The lowest BCUT2D eigenvalue weighted by Crippen LogP contribution is -2.39. The van der Waals surface area contributed by atoms with Gasteiger partial charge in [-0.1, -0.05) is 74.5 Å². The molecule has 0 amide bonds. The summed E-state index contributed by atoms with van der Waals surface area (Å²) in [7, 11) is 0. The number of nitrogens with one attached hydrogen (secondary N) is 1. The molecule has 3 aromatic rings. The molecular weight excluding hydrogens is 424 g/mol. The van der Waals surface area contributed by atoms with Crippen molar-refractivity contribution >= 4 is 23.1 Å². The molecule has 0 saturated heterocycles. The van der Waals surface area contributed by atoms with Gasteiger partial charge in [0.2, 0.25) is 0 Å². The predicted molar refractivity (Wildman–Crippen MR) is 134 cm³/mol. The molecule has 2 aliphatic rings. The SMILES string of the molecule is CC1(C)CC(=O)C2=C(C1)Nc1ccccc1N(CC(=O)Oc1ccccc1)C2c1ccccc1. The molecule has 0 fully saturated rings. The number of nitrogens with zero attached hydrogens (tertiary/aromatic N) is 1. The first-order chi connectivity index (χ1) is 16.4. The number of hydrogen-bond donors (Lipinski definition) is 1. The van der Waals surface area contributed by atoms with Crippen molar-refractivity contribution in [3.05, 3.63) is 102 Å². The first-order valence-corrected chi connectivity index (χ1v) is 11.6. The number of carbonyl (C=O) groups excluding carboxylic acids is 2. The molecule has 5 heteroatoms. The van der Waals surface area contributed by atoms with Gasteiger partial charge in [-0.05, 0) is 41.7 Å². The highest BCUT2D eigenvalue weighted by molar-refractivity contribution is 6.01. The molecule has 1 aliphatic heterocycles. The molecule has 5 rings (SSSR count). The van der Waals surface area contributed by atoms with E-state index in [1.54, 1.807) is 12.1 Å². The number of carbonyl (C=O) groups is 2. The van der Waals surface area contributed by atoms with E-state index in [0.29, 0.717) is 12.2 Å². The lowest BCUT2D eigenvalue weighted by molar-refractivity contribution is -0.133. The number of benzene rings is 3. The van der Waals surface area contributed by atoms with Crippen molar-refractivity contribution in [3.8, 4) is 5.75 Å². The quantitative estimate of drug-likeness (QED) is 0.394. The van der Waals surface area contributed by atoms with E-state index in [1.165, 1.54) is 0 Å². The van der Waals surface area contributed by atoms with Crippen LogP contribution in [0.4, 0.5) is 11.4 Å². The van der Waals surface area contributed by atoms with Gasteiger partial charge in [0.25, 0.3) is 0 Å². The van der Waals surface area contributed by atoms with Gasteiger partial charge in [0.15, 0.2) is 5.78 Å². The van der Waals surface area contributed by atoms with Crippen molar-refractivity contribution < 1.29 is 14.3 Å². The number of Topliss-reactive ketones (excluding diaryl/α,β-unsaturated/α-hetero) is 1. The maximum absolute atomic E-state index is 13.6. The number of anilines is 2. The van der Waals surface area contributed by atoms with Gasteiger partial charge >= 0.3 is 5.97 Å². The zero-order chi connectivity index (χ0) is 23.7.